The third-order valence-corrected chi connectivity index (χ3v) is 4.70. The van der Waals surface area contributed by atoms with Gasteiger partial charge in [0.05, 0.1) is 10.3 Å². The quantitative estimate of drug-likeness (QED) is 0.606. The third-order valence-electron chi connectivity index (χ3n) is 3.66. The average Bonchev–Trinajstić information content (AvgIpc) is 3.14. The number of nitrogens with zero attached hydrogens (tertiary/aromatic N) is 2. The lowest BCUT2D eigenvalue weighted by molar-refractivity contribution is 0.549. The Morgan fingerprint density at radius 3 is 2.65 bits per heavy atom. The summed E-state index contributed by atoms with van der Waals surface area (Å²) >= 11 is 1.58. The fraction of sp³-hybridized carbons (Fsp3) is 0.111. The van der Waals surface area contributed by atoms with Crippen molar-refractivity contribution in [1.82, 2.24) is 9.97 Å². The smallest absolute Gasteiger partial charge is 0.144 e. The molecule has 0 amide bonds. The maximum atomic E-state index is 6.13. The van der Waals surface area contributed by atoms with Crippen molar-refractivity contribution in [2.24, 2.45) is 0 Å². The summed E-state index contributed by atoms with van der Waals surface area (Å²) in [5.74, 6) is 2.99. The lowest BCUT2D eigenvalue weighted by Crippen LogP contribution is -2.00. The lowest BCUT2D eigenvalue weighted by Gasteiger charge is -2.02. The van der Waals surface area contributed by atoms with E-state index in [1.54, 1.807) is 11.3 Å². The van der Waals surface area contributed by atoms with E-state index in [4.69, 9.17) is 10.2 Å². The zero-order valence-corrected chi connectivity index (χ0v) is 13.4. The zero-order chi connectivity index (χ0) is 15.8. The second-order valence-electron chi connectivity index (χ2n) is 5.43. The molecule has 114 valence electrons. The number of benzene rings is 1. The van der Waals surface area contributed by atoms with Gasteiger partial charge in [0.2, 0.25) is 0 Å². The Balaban J connectivity index is 1.75. The summed E-state index contributed by atoms with van der Waals surface area (Å²) in [6.45, 7) is 1.93. The molecule has 0 spiro atoms. The number of anilines is 1. The monoisotopic (exact) mass is 321 g/mol. The third kappa shape index (κ3) is 2.71. The van der Waals surface area contributed by atoms with Gasteiger partial charge in [-0.25, -0.2) is 9.97 Å². The van der Waals surface area contributed by atoms with E-state index in [1.807, 2.05) is 43.3 Å². The molecule has 3 heterocycles. The van der Waals surface area contributed by atoms with Crippen molar-refractivity contribution in [2.75, 3.05) is 5.73 Å². The molecule has 0 aliphatic heterocycles. The molecule has 4 nitrogen and oxygen atoms in total. The highest BCUT2D eigenvalue weighted by Gasteiger charge is 2.13. The molecule has 0 saturated carbocycles. The van der Waals surface area contributed by atoms with Crippen molar-refractivity contribution in [3.63, 3.8) is 0 Å². The predicted octanol–water partition coefficient (Wildman–Crippen LogP) is 4.43. The van der Waals surface area contributed by atoms with Gasteiger partial charge in [-0.2, -0.15) is 0 Å². The van der Waals surface area contributed by atoms with E-state index in [2.05, 4.69) is 22.1 Å². The SMILES string of the molecule is Cc1ccc(-c2cc3c(N)nc(Cc4ccccc4)nc3s2)o1. The summed E-state index contributed by atoms with van der Waals surface area (Å²) in [7, 11) is 0. The predicted molar refractivity (Wildman–Crippen MR) is 93.5 cm³/mol. The first-order valence-electron chi connectivity index (χ1n) is 7.36. The molecule has 0 fully saturated rings. The van der Waals surface area contributed by atoms with Crippen LogP contribution in [-0.4, -0.2) is 9.97 Å². The van der Waals surface area contributed by atoms with Gasteiger partial charge in [0.1, 0.15) is 28.0 Å². The van der Waals surface area contributed by atoms with E-state index in [1.165, 1.54) is 5.56 Å². The minimum Gasteiger partial charge on any atom is -0.461 e. The van der Waals surface area contributed by atoms with Crippen molar-refractivity contribution in [3.8, 4) is 10.6 Å². The summed E-state index contributed by atoms with van der Waals surface area (Å²) in [6.07, 6.45) is 0.675. The van der Waals surface area contributed by atoms with Gasteiger partial charge in [0.15, 0.2) is 0 Å². The molecule has 3 aromatic heterocycles. The molecule has 0 bridgehead atoms. The fourth-order valence-corrected chi connectivity index (χ4v) is 3.56. The molecule has 1 aromatic carbocycles. The number of hydrogen-bond donors (Lipinski definition) is 1. The molecular formula is C18H15N3OS. The molecule has 0 atom stereocenters. The van der Waals surface area contributed by atoms with Gasteiger partial charge in [0, 0.05) is 6.42 Å². The van der Waals surface area contributed by atoms with E-state index in [-0.39, 0.29) is 0 Å². The van der Waals surface area contributed by atoms with Crippen molar-refractivity contribution in [3.05, 3.63) is 65.7 Å². The van der Waals surface area contributed by atoms with Crippen LogP contribution in [-0.2, 0) is 6.42 Å². The molecule has 0 saturated heterocycles. The lowest BCUT2D eigenvalue weighted by atomic mass is 10.1. The van der Waals surface area contributed by atoms with Crippen LogP contribution in [0.3, 0.4) is 0 Å². The van der Waals surface area contributed by atoms with Crippen molar-refractivity contribution in [1.29, 1.82) is 0 Å². The van der Waals surface area contributed by atoms with Gasteiger partial charge < -0.3 is 10.2 Å². The highest BCUT2D eigenvalue weighted by molar-refractivity contribution is 7.21. The number of rotatable bonds is 3. The number of aryl methyl sites for hydroxylation is 1. The molecular weight excluding hydrogens is 306 g/mol. The molecule has 2 N–H and O–H groups in total. The molecule has 0 aliphatic rings. The first kappa shape index (κ1) is 14.0. The number of thiophene rings is 1. The van der Waals surface area contributed by atoms with Gasteiger partial charge in [-0.05, 0) is 30.7 Å². The fourth-order valence-electron chi connectivity index (χ4n) is 2.54. The number of fused-ring (bicyclic) bond motifs is 1. The molecule has 0 unspecified atom stereocenters. The highest BCUT2D eigenvalue weighted by Crippen LogP contribution is 2.35. The Bertz CT molecular complexity index is 973. The summed E-state index contributed by atoms with van der Waals surface area (Å²) < 4.78 is 5.69. The van der Waals surface area contributed by atoms with Gasteiger partial charge in [-0.1, -0.05) is 30.3 Å². The second-order valence-corrected chi connectivity index (χ2v) is 6.46. The average molecular weight is 321 g/mol. The first-order valence-corrected chi connectivity index (χ1v) is 8.17. The van der Waals surface area contributed by atoms with Gasteiger partial charge >= 0.3 is 0 Å². The Morgan fingerprint density at radius 1 is 1.09 bits per heavy atom. The Kier molecular flexibility index (Phi) is 3.35. The molecule has 23 heavy (non-hydrogen) atoms. The molecule has 5 heteroatoms. The van der Waals surface area contributed by atoms with Crippen LogP contribution in [0.15, 0.2) is 52.9 Å². The van der Waals surface area contributed by atoms with E-state index in [0.717, 1.165) is 32.4 Å². The number of hydrogen-bond acceptors (Lipinski definition) is 5. The van der Waals surface area contributed by atoms with Gasteiger partial charge in [-0.3, -0.25) is 0 Å². The summed E-state index contributed by atoms with van der Waals surface area (Å²) in [5.41, 5.74) is 7.30. The van der Waals surface area contributed by atoms with Crippen LogP contribution in [0.1, 0.15) is 17.1 Å². The summed E-state index contributed by atoms with van der Waals surface area (Å²) in [4.78, 5) is 11.0. The van der Waals surface area contributed by atoms with Crippen LogP contribution in [0, 0.1) is 6.92 Å². The first-order chi connectivity index (χ1) is 11.2. The minimum absolute atomic E-state index is 0.520. The zero-order valence-electron chi connectivity index (χ0n) is 12.6. The summed E-state index contributed by atoms with van der Waals surface area (Å²) in [5, 5.41) is 0.885. The van der Waals surface area contributed by atoms with E-state index in [0.29, 0.717) is 12.2 Å². The van der Waals surface area contributed by atoms with Crippen LogP contribution in [0.4, 0.5) is 5.82 Å². The standard InChI is InChI=1S/C18H15N3OS/c1-11-7-8-14(22-11)15-10-13-17(19)20-16(21-18(13)23-15)9-12-5-3-2-4-6-12/h2-8,10H,9H2,1H3,(H2,19,20,21). The Morgan fingerprint density at radius 2 is 1.91 bits per heavy atom. The Hall–Kier alpha value is -2.66. The maximum Gasteiger partial charge on any atom is 0.144 e. The molecule has 4 aromatic rings. The van der Waals surface area contributed by atoms with Crippen LogP contribution in [0.2, 0.25) is 0 Å². The second kappa shape index (κ2) is 5.52. The largest absolute Gasteiger partial charge is 0.461 e. The number of furan rings is 1. The van der Waals surface area contributed by atoms with E-state index in [9.17, 15) is 0 Å². The maximum absolute atomic E-state index is 6.13. The van der Waals surface area contributed by atoms with E-state index >= 15 is 0 Å². The van der Waals surface area contributed by atoms with Crippen LogP contribution in [0.5, 0.6) is 0 Å². The summed E-state index contributed by atoms with van der Waals surface area (Å²) in [6, 6.07) is 16.1. The molecule has 4 rings (SSSR count). The number of nitrogen functional groups attached to an aromatic ring is 1. The highest BCUT2D eigenvalue weighted by atomic mass is 32.1. The molecule has 0 radical (unpaired) electrons. The number of nitrogens with two attached hydrogens (primary N) is 1. The molecule has 0 aliphatic carbocycles. The van der Waals surface area contributed by atoms with Crippen molar-refractivity contribution in [2.45, 2.75) is 13.3 Å². The van der Waals surface area contributed by atoms with E-state index < -0.39 is 0 Å². The van der Waals surface area contributed by atoms with Gasteiger partial charge in [0.25, 0.3) is 0 Å². The normalized spacial score (nSPS) is 11.2. The van der Waals surface area contributed by atoms with Crippen LogP contribution < -0.4 is 5.73 Å². The van der Waals surface area contributed by atoms with Gasteiger partial charge in [-0.15, -0.1) is 11.3 Å². The van der Waals surface area contributed by atoms with Crippen molar-refractivity contribution < 1.29 is 4.42 Å². The van der Waals surface area contributed by atoms with Crippen LogP contribution in [0.25, 0.3) is 20.9 Å². The Labute approximate surface area is 137 Å². The van der Waals surface area contributed by atoms with Crippen LogP contribution >= 0.6 is 11.3 Å². The van der Waals surface area contributed by atoms with Crippen molar-refractivity contribution >= 4 is 27.4 Å². The number of aromatic nitrogens is 2. The minimum atomic E-state index is 0.520. The topological polar surface area (TPSA) is 64.9 Å².